The van der Waals surface area contributed by atoms with Gasteiger partial charge in [0, 0.05) is 18.7 Å². The Labute approximate surface area is 137 Å². The maximum Gasteiger partial charge on any atom is 0.416 e. The quantitative estimate of drug-likeness (QED) is 0.873. The van der Waals surface area contributed by atoms with Gasteiger partial charge in [-0.1, -0.05) is 30.3 Å². The first-order valence-electron chi connectivity index (χ1n) is 7.20. The van der Waals surface area contributed by atoms with Gasteiger partial charge in [0.05, 0.1) is 12.7 Å². The number of carbonyl (C=O) groups excluding carboxylic acids is 1. The van der Waals surface area contributed by atoms with Gasteiger partial charge in [-0.2, -0.15) is 13.2 Å². The second kappa shape index (κ2) is 7.72. The van der Waals surface area contributed by atoms with Crippen molar-refractivity contribution in [1.29, 1.82) is 0 Å². The number of carbonyl (C=O) groups is 1. The van der Waals surface area contributed by atoms with Crippen LogP contribution in [-0.2, 0) is 19.3 Å². The monoisotopic (exact) mass is 338 g/mol. The number of rotatable bonds is 5. The first-order chi connectivity index (χ1) is 11.4. The molecule has 0 aliphatic rings. The molecule has 0 aromatic heterocycles. The van der Waals surface area contributed by atoms with Gasteiger partial charge in [0.25, 0.3) is 0 Å². The highest BCUT2D eigenvalue weighted by Crippen LogP contribution is 2.29. The van der Waals surface area contributed by atoms with Gasteiger partial charge in [0.1, 0.15) is 5.75 Å². The Morgan fingerprint density at radius 3 is 2.46 bits per heavy atom. The van der Waals surface area contributed by atoms with Crippen molar-refractivity contribution in [1.82, 2.24) is 10.6 Å². The third-order valence-electron chi connectivity index (χ3n) is 3.34. The van der Waals surface area contributed by atoms with Crippen LogP contribution < -0.4 is 15.4 Å². The number of nitrogens with one attached hydrogen (secondary N) is 2. The molecule has 2 amide bonds. The zero-order valence-electron chi connectivity index (χ0n) is 13.0. The summed E-state index contributed by atoms with van der Waals surface area (Å²) in [6, 6.07) is 11.6. The molecule has 2 aromatic carbocycles. The number of alkyl halides is 3. The fourth-order valence-electron chi connectivity index (χ4n) is 2.13. The van der Waals surface area contributed by atoms with E-state index in [1.165, 1.54) is 19.2 Å². The standard InChI is InChI=1S/C17H17F3N2O2/c1-24-15-8-3-2-6-13(15)11-22-16(23)21-10-12-5-4-7-14(9-12)17(18,19)20/h2-9H,10-11H2,1H3,(H2,21,22,23). The van der Waals surface area contributed by atoms with Crippen molar-refractivity contribution in [2.24, 2.45) is 0 Å². The molecule has 0 saturated heterocycles. The van der Waals surface area contributed by atoms with E-state index >= 15 is 0 Å². The molecule has 0 fully saturated rings. The fourth-order valence-corrected chi connectivity index (χ4v) is 2.13. The Balaban J connectivity index is 1.87. The molecule has 0 radical (unpaired) electrons. The van der Waals surface area contributed by atoms with E-state index in [-0.39, 0.29) is 13.1 Å². The van der Waals surface area contributed by atoms with Crippen molar-refractivity contribution < 1.29 is 22.7 Å². The highest BCUT2D eigenvalue weighted by molar-refractivity contribution is 5.73. The lowest BCUT2D eigenvalue weighted by atomic mass is 10.1. The maximum absolute atomic E-state index is 12.6. The Hall–Kier alpha value is -2.70. The second-order valence-electron chi connectivity index (χ2n) is 5.05. The normalized spacial score (nSPS) is 11.0. The van der Waals surface area contributed by atoms with E-state index in [1.54, 1.807) is 6.07 Å². The Morgan fingerprint density at radius 1 is 1.04 bits per heavy atom. The van der Waals surface area contributed by atoms with Crippen LogP contribution in [0, 0.1) is 0 Å². The summed E-state index contributed by atoms with van der Waals surface area (Å²) >= 11 is 0. The molecule has 2 rings (SSSR count). The minimum atomic E-state index is -4.40. The van der Waals surface area contributed by atoms with E-state index < -0.39 is 17.8 Å². The predicted octanol–water partition coefficient (Wildman–Crippen LogP) is 3.71. The Kier molecular flexibility index (Phi) is 5.68. The summed E-state index contributed by atoms with van der Waals surface area (Å²) in [6.45, 7) is 0.250. The predicted molar refractivity (Wildman–Crippen MR) is 83.5 cm³/mol. The van der Waals surface area contributed by atoms with Gasteiger partial charge in [-0.3, -0.25) is 0 Å². The minimum absolute atomic E-state index is 0.00166. The summed E-state index contributed by atoms with van der Waals surface area (Å²) in [4.78, 5) is 11.8. The zero-order chi connectivity index (χ0) is 17.6. The van der Waals surface area contributed by atoms with Crippen molar-refractivity contribution in [3.8, 4) is 5.75 Å². The minimum Gasteiger partial charge on any atom is -0.496 e. The molecular formula is C17H17F3N2O2. The second-order valence-corrected chi connectivity index (χ2v) is 5.05. The molecule has 128 valence electrons. The molecule has 0 atom stereocenters. The summed E-state index contributed by atoms with van der Waals surface area (Å²) < 4.78 is 43.1. The van der Waals surface area contributed by atoms with E-state index in [0.29, 0.717) is 11.3 Å². The average Bonchev–Trinajstić information content (AvgIpc) is 2.58. The molecule has 0 bridgehead atoms. The highest BCUT2D eigenvalue weighted by Gasteiger charge is 2.30. The van der Waals surface area contributed by atoms with Gasteiger partial charge in [-0.15, -0.1) is 0 Å². The van der Waals surface area contributed by atoms with Crippen molar-refractivity contribution in [2.75, 3.05) is 7.11 Å². The summed E-state index contributed by atoms with van der Waals surface area (Å²) in [5.41, 5.74) is 0.433. The van der Waals surface area contributed by atoms with Crippen LogP contribution in [0.5, 0.6) is 5.75 Å². The first kappa shape index (κ1) is 17.7. The molecule has 0 heterocycles. The number of para-hydroxylation sites is 1. The first-order valence-corrected chi connectivity index (χ1v) is 7.20. The van der Waals surface area contributed by atoms with Gasteiger partial charge in [-0.25, -0.2) is 4.79 Å². The molecule has 7 heteroatoms. The summed E-state index contributed by atoms with van der Waals surface area (Å²) in [6.07, 6.45) is -4.40. The lowest BCUT2D eigenvalue weighted by molar-refractivity contribution is -0.137. The number of hydrogen-bond donors (Lipinski definition) is 2. The van der Waals surface area contributed by atoms with E-state index in [2.05, 4.69) is 10.6 Å². The molecule has 0 aliphatic heterocycles. The van der Waals surface area contributed by atoms with E-state index in [1.807, 2.05) is 18.2 Å². The van der Waals surface area contributed by atoms with E-state index in [0.717, 1.165) is 17.7 Å². The van der Waals surface area contributed by atoms with E-state index in [9.17, 15) is 18.0 Å². The average molecular weight is 338 g/mol. The number of methoxy groups -OCH3 is 1. The third kappa shape index (κ3) is 4.91. The maximum atomic E-state index is 12.6. The van der Waals surface area contributed by atoms with Crippen LogP contribution in [0.3, 0.4) is 0 Å². The Bertz CT molecular complexity index is 702. The third-order valence-corrected chi connectivity index (χ3v) is 3.34. The van der Waals surface area contributed by atoms with Crippen LogP contribution in [0.15, 0.2) is 48.5 Å². The Morgan fingerprint density at radius 2 is 1.75 bits per heavy atom. The summed E-state index contributed by atoms with van der Waals surface area (Å²) in [7, 11) is 1.53. The number of hydrogen-bond acceptors (Lipinski definition) is 2. The highest BCUT2D eigenvalue weighted by atomic mass is 19.4. The molecule has 4 nitrogen and oxygen atoms in total. The van der Waals surface area contributed by atoms with Crippen LogP contribution in [0.2, 0.25) is 0 Å². The van der Waals surface area contributed by atoms with Crippen LogP contribution >= 0.6 is 0 Å². The number of benzene rings is 2. The number of ether oxygens (including phenoxy) is 1. The summed E-state index contributed by atoms with van der Waals surface area (Å²) in [5.74, 6) is 0.649. The fraction of sp³-hybridized carbons (Fsp3) is 0.235. The number of halogens is 3. The van der Waals surface area contributed by atoms with Crippen LogP contribution in [0.4, 0.5) is 18.0 Å². The topological polar surface area (TPSA) is 50.4 Å². The van der Waals surface area contributed by atoms with Gasteiger partial charge in [0.15, 0.2) is 0 Å². The van der Waals surface area contributed by atoms with Crippen molar-refractivity contribution in [3.05, 3.63) is 65.2 Å². The molecular weight excluding hydrogens is 321 g/mol. The van der Waals surface area contributed by atoms with Gasteiger partial charge >= 0.3 is 12.2 Å². The lowest BCUT2D eigenvalue weighted by Crippen LogP contribution is -2.34. The number of urea groups is 1. The molecule has 24 heavy (non-hydrogen) atoms. The summed E-state index contributed by atoms with van der Waals surface area (Å²) in [5, 5.41) is 5.16. The van der Waals surface area contributed by atoms with Crippen LogP contribution in [0.25, 0.3) is 0 Å². The van der Waals surface area contributed by atoms with Gasteiger partial charge in [-0.05, 0) is 23.8 Å². The number of amides is 2. The van der Waals surface area contributed by atoms with Gasteiger partial charge in [0.2, 0.25) is 0 Å². The largest absolute Gasteiger partial charge is 0.496 e. The van der Waals surface area contributed by atoms with Gasteiger partial charge < -0.3 is 15.4 Å². The van der Waals surface area contributed by atoms with Crippen molar-refractivity contribution in [2.45, 2.75) is 19.3 Å². The molecule has 0 spiro atoms. The van der Waals surface area contributed by atoms with Crippen LogP contribution in [0.1, 0.15) is 16.7 Å². The van der Waals surface area contributed by atoms with Crippen molar-refractivity contribution >= 4 is 6.03 Å². The molecule has 0 unspecified atom stereocenters. The van der Waals surface area contributed by atoms with Crippen molar-refractivity contribution in [3.63, 3.8) is 0 Å². The SMILES string of the molecule is COc1ccccc1CNC(=O)NCc1cccc(C(F)(F)F)c1. The lowest BCUT2D eigenvalue weighted by Gasteiger charge is -2.11. The molecule has 2 N–H and O–H groups in total. The molecule has 0 aliphatic carbocycles. The molecule has 0 saturated carbocycles. The smallest absolute Gasteiger partial charge is 0.416 e. The van der Waals surface area contributed by atoms with E-state index in [4.69, 9.17) is 4.74 Å². The molecule has 2 aromatic rings. The zero-order valence-corrected chi connectivity index (χ0v) is 13.0. The van der Waals surface area contributed by atoms with Crippen LogP contribution in [-0.4, -0.2) is 13.1 Å².